The molecule has 0 unspecified atom stereocenters. The van der Waals surface area contributed by atoms with E-state index in [4.69, 9.17) is 11.6 Å². The minimum absolute atomic E-state index is 0.125. The molecule has 0 aliphatic rings. The van der Waals surface area contributed by atoms with Crippen LogP contribution in [0.5, 0.6) is 0 Å². The largest absolute Gasteiger partial charge is 0.343 e. The smallest absolute Gasteiger partial charge is 0.223 e. The minimum atomic E-state index is -0.416. The predicted octanol–water partition coefficient (Wildman–Crippen LogP) is 2.83. The number of nitrogens with zero attached hydrogens (tertiary/aromatic N) is 1. The number of hydrogen-bond acceptors (Lipinski definition) is 2. The van der Waals surface area contributed by atoms with Crippen molar-refractivity contribution in [1.29, 1.82) is 0 Å². The van der Waals surface area contributed by atoms with E-state index >= 15 is 0 Å². The fourth-order valence-electron chi connectivity index (χ4n) is 1.81. The van der Waals surface area contributed by atoms with E-state index in [1.165, 1.54) is 12.1 Å². The Kier molecular flexibility index (Phi) is 6.81. The third-order valence-electron chi connectivity index (χ3n) is 2.94. The van der Waals surface area contributed by atoms with Gasteiger partial charge in [0, 0.05) is 32.6 Å². The molecule has 0 spiro atoms. The second kappa shape index (κ2) is 8.12. The molecule has 0 aromatic heterocycles. The van der Waals surface area contributed by atoms with Crippen LogP contribution in [0.2, 0.25) is 5.02 Å². The van der Waals surface area contributed by atoms with Crippen molar-refractivity contribution in [3.05, 3.63) is 34.6 Å². The van der Waals surface area contributed by atoms with Crippen LogP contribution in [0.1, 0.15) is 25.8 Å². The number of carbonyl (C=O) groups is 1. The molecule has 0 aliphatic heterocycles. The molecule has 1 aromatic rings. The zero-order chi connectivity index (χ0) is 14.3. The lowest BCUT2D eigenvalue weighted by atomic mass is 10.2. The molecule has 0 atom stereocenters. The van der Waals surface area contributed by atoms with Crippen LogP contribution in [0.4, 0.5) is 4.39 Å². The molecule has 0 saturated heterocycles. The maximum atomic E-state index is 13.2. The molecule has 1 amide bonds. The van der Waals surface area contributed by atoms with E-state index in [2.05, 4.69) is 5.32 Å². The summed E-state index contributed by atoms with van der Waals surface area (Å²) in [6.07, 6.45) is 0.456. The van der Waals surface area contributed by atoms with Crippen molar-refractivity contribution in [3.8, 4) is 0 Å². The highest BCUT2D eigenvalue weighted by Gasteiger charge is 2.08. The van der Waals surface area contributed by atoms with Crippen LogP contribution >= 0.6 is 11.6 Å². The van der Waals surface area contributed by atoms with Crippen molar-refractivity contribution in [1.82, 2.24) is 10.2 Å². The normalized spacial score (nSPS) is 10.5. The predicted molar refractivity (Wildman–Crippen MR) is 75.7 cm³/mol. The van der Waals surface area contributed by atoms with E-state index in [0.29, 0.717) is 19.5 Å². The van der Waals surface area contributed by atoms with Gasteiger partial charge in [0.1, 0.15) is 5.82 Å². The lowest BCUT2D eigenvalue weighted by Gasteiger charge is -2.18. The fraction of sp³-hybridized carbons (Fsp3) is 0.500. The fourth-order valence-corrected chi connectivity index (χ4v) is 1.93. The highest BCUT2D eigenvalue weighted by Crippen LogP contribution is 2.15. The van der Waals surface area contributed by atoms with Crippen LogP contribution in [0.15, 0.2) is 18.2 Å². The first-order valence-corrected chi connectivity index (χ1v) is 6.88. The Labute approximate surface area is 118 Å². The summed E-state index contributed by atoms with van der Waals surface area (Å²) in [6.45, 7) is 6.51. The molecule has 1 N–H and O–H groups in total. The zero-order valence-corrected chi connectivity index (χ0v) is 12.1. The molecule has 5 heteroatoms. The number of benzene rings is 1. The first-order valence-electron chi connectivity index (χ1n) is 6.50. The van der Waals surface area contributed by atoms with Gasteiger partial charge >= 0.3 is 0 Å². The van der Waals surface area contributed by atoms with Crippen molar-refractivity contribution < 1.29 is 9.18 Å². The first kappa shape index (κ1) is 15.9. The van der Waals surface area contributed by atoms with E-state index in [0.717, 1.165) is 18.7 Å². The van der Waals surface area contributed by atoms with Crippen LogP contribution < -0.4 is 5.32 Å². The second-order valence-corrected chi connectivity index (χ2v) is 4.65. The summed E-state index contributed by atoms with van der Waals surface area (Å²) < 4.78 is 13.2. The zero-order valence-electron chi connectivity index (χ0n) is 11.4. The molecule has 0 heterocycles. The molecule has 0 bridgehead atoms. The van der Waals surface area contributed by atoms with Gasteiger partial charge in [0.25, 0.3) is 0 Å². The Hall–Kier alpha value is -1.13. The molecule has 3 nitrogen and oxygen atoms in total. The number of halogens is 2. The van der Waals surface area contributed by atoms with Gasteiger partial charge < -0.3 is 10.2 Å². The van der Waals surface area contributed by atoms with Crippen molar-refractivity contribution in [2.75, 3.05) is 19.6 Å². The summed E-state index contributed by atoms with van der Waals surface area (Å²) in [6, 6.07) is 4.71. The van der Waals surface area contributed by atoms with Crippen LogP contribution in [0.3, 0.4) is 0 Å². The molecule has 0 saturated carbocycles. The van der Waals surface area contributed by atoms with E-state index in [-0.39, 0.29) is 10.9 Å². The van der Waals surface area contributed by atoms with Gasteiger partial charge in [0.2, 0.25) is 5.91 Å². The van der Waals surface area contributed by atoms with Gasteiger partial charge in [-0.05, 0) is 31.5 Å². The Bertz CT molecular complexity index is 422. The number of nitrogens with one attached hydrogen (secondary N) is 1. The average molecular weight is 287 g/mol. The number of carbonyl (C=O) groups excluding carboxylic acids is 1. The van der Waals surface area contributed by atoms with Crippen LogP contribution in [-0.2, 0) is 11.3 Å². The monoisotopic (exact) mass is 286 g/mol. The van der Waals surface area contributed by atoms with Crippen LogP contribution in [0.25, 0.3) is 0 Å². The maximum absolute atomic E-state index is 13.2. The third-order valence-corrected chi connectivity index (χ3v) is 3.25. The molecule has 19 heavy (non-hydrogen) atoms. The van der Waals surface area contributed by atoms with Gasteiger partial charge in [0.05, 0.1) is 5.02 Å². The highest BCUT2D eigenvalue weighted by atomic mass is 35.5. The van der Waals surface area contributed by atoms with Crippen molar-refractivity contribution in [2.45, 2.75) is 26.8 Å². The van der Waals surface area contributed by atoms with Crippen LogP contribution in [-0.4, -0.2) is 30.4 Å². The van der Waals surface area contributed by atoms with Gasteiger partial charge in [-0.15, -0.1) is 0 Å². The average Bonchev–Trinajstić information content (AvgIpc) is 2.40. The topological polar surface area (TPSA) is 32.3 Å². The van der Waals surface area contributed by atoms with E-state index in [9.17, 15) is 9.18 Å². The van der Waals surface area contributed by atoms with Gasteiger partial charge in [-0.1, -0.05) is 17.7 Å². The van der Waals surface area contributed by atoms with Crippen LogP contribution in [0, 0.1) is 5.82 Å². The third kappa shape index (κ3) is 5.17. The quantitative estimate of drug-likeness (QED) is 0.782. The summed E-state index contributed by atoms with van der Waals surface area (Å²) in [4.78, 5) is 13.5. The molecule has 0 radical (unpaired) electrons. The summed E-state index contributed by atoms with van der Waals surface area (Å²) >= 11 is 5.60. The minimum Gasteiger partial charge on any atom is -0.343 e. The summed E-state index contributed by atoms with van der Waals surface area (Å²) in [5, 5.41) is 3.25. The van der Waals surface area contributed by atoms with E-state index in [1.807, 2.05) is 13.8 Å². The highest BCUT2D eigenvalue weighted by molar-refractivity contribution is 6.30. The summed E-state index contributed by atoms with van der Waals surface area (Å²) in [5.41, 5.74) is 0.817. The van der Waals surface area contributed by atoms with E-state index < -0.39 is 5.82 Å². The first-order chi connectivity index (χ1) is 9.08. The van der Waals surface area contributed by atoms with Gasteiger partial charge in [-0.2, -0.15) is 0 Å². The lowest BCUT2D eigenvalue weighted by Crippen LogP contribution is -2.32. The molecular formula is C14H20ClFN2O. The van der Waals surface area contributed by atoms with Crippen molar-refractivity contribution >= 4 is 17.5 Å². The van der Waals surface area contributed by atoms with Gasteiger partial charge in [-0.3, -0.25) is 4.79 Å². The Morgan fingerprint density at radius 3 is 2.63 bits per heavy atom. The molecule has 1 aromatic carbocycles. The molecule has 0 aliphatic carbocycles. The Morgan fingerprint density at radius 2 is 2.05 bits per heavy atom. The maximum Gasteiger partial charge on any atom is 0.223 e. The van der Waals surface area contributed by atoms with Gasteiger partial charge in [-0.25, -0.2) is 4.39 Å². The molecule has 106 valence electrons. The van der Waals surface area contributed by atoms with Gasteiger partial charge in [0.15, 0.2) is 0 Å². The van der Waals surface area contributed by atoms with E-state index in [1.54, 1.807) is 11.0 Å². The van der Waals surface area contributed by atoms with Crippen molar-refractivity contribution in [3.63, 3.8) is 0 Å². The molecular weight excluding hydrogens is 267 g/mol. The number of rotatable bonds is 7. The summed E-state index contributed by atoms with van der Waals surface area (Å²) in [5.74, 6) is -0.278. The number of hydrogen-bond donors (Lipinski definition) is 1. The lowest BCUT2D eigenvalue weighted by molar-refractivity contribution is -0.130. The summed E-state index contributed by atoms with van der Waals surface area (Å²) in [7, 11) is 0. The molecule has 0 fully saturated rings. The Balaban J connectivity index is 2.31. The number of amides is 1. The molecule has 1 rings (SSSR count). The van der Waals surface area contributed by atoms with Crippen molar-refractivity contribution in [2.24, 2.45) is 0 Å². The second-order valence-electron chi connectivity index (χ2n) is 4.24. The Morgan fingerprint density at radius 1 is 1.37 bits per heavy atom. The SMILES string of the molecule is CCN(CC)C(=O)CCNCc1ccc(Cl)c(F)c1. The standard InChI is InChI=1S/C14H20ClFN2O/c1-3-18(4-2)14(19)7-8-17-10-11-5-6-12(15)13(16)9-11/h5-6,9,17H,3-4,7-8,10H2,1-2H3.